The highest BCUT2D eigenvalue weighted by molar-refractivity contribution is 7.99. The number of furan rings is 1. The fourth-order valence-electron chi connectivity index (χ4n) is 4.43. The summed E-state index contributed by atoms with van der Waals surface area (Å²) in [6, 6.07) is 11.9. The molecule has 33 heavy (non-hydrogen) atoms. The summed E-state index contributed by atoms with van der Waals surface area (Å²) in [5.74, 6) is 1.53. The van der Waals surface area contributed by atoms with Crippen LogP contribution in [-0.4, -0.2) is 43.6 Å². The number of aromatic nitrogens is 4. The van der Waals surface area contributed by atoms with Crippen LogP contribution in [0, 0.1) is 0 Å². The number of hydrogen-bond donors (Lipinski definition) is 2. The van der Waals surface area contributed by atoms with Crippen LogP contribution < -0.4 is 5.56 Å². The summed E-state index contributed by atoms with van der Waals surface area (Å²) in [5, 5.41) is 1.60. The van der Waals surface area contributed by atoms with Crippen LogP contribution in [-0.2, 0) is 19.5 Å². The van der Waals surface area contributed by atoms with Gasteiger partial charge in [-0.25, -0.2) is 9.97 Å². The van der Waals surface area contributed by atoms with Gasteiger partial charge in [-0.2, -0.15) is 0 Å². The molecule has 4 aromatic rings. The molecule has 2 aliphatic heterocycles. The molecule has 1 aromatic carbocycles. The molecule has 0 saturated heterocycles. The summed E-state index contributed by atoms with van der Waals surface area (Å²) < 4.78 is 6.05. The van der Waals surface area contributed by atoms with Gasteiger partial charge in [-0.1, -0.05) is 12.1 Å². The van der Waals surface area contributed by atoms with Gasteiger partial charge < -0.3 is 14.4 Å². The first-order valence-electron chi connectivity index (χ1n) is 11.3. The normalized spacial score (nSPS) is 16.7. The molecule has 0 fully saturated rings. The molecule has 5 heterocycles. The predicted molar refractivity (Wildman–Crippen MR) is 127 cm³/mol. The molecule has 2 N–H and O–H groups in total. The highest BCUT2D eigenvalue weighted by atomic mass is 32.2. The Morgan fingerprint density at radius 3 is 2.88 bits per heavy atom. The Kier molecular flexibility index (Phi) is 5.35. The van der Waals surface area contributed by atoms with Gasteiger partial charge in [0.25, 0.3) is 5.56 Å². The Morgan fingerprint density at radius 2 is 2.00 bits per heavy atom. The van der Waals surface area contributed by atoms with Gasteiger partial charge >= 0.3 is 0 Å². The summed E-state index contributed by atoms with van der Waals surface area (Å²) in [6.45, 7) is 2.87. The first-order valence-corrected chi connectivity index (χ1v) is 12.1. The Balaban J connectivity index is 1.14. The molecule has 6 rings (SSSR count). The molecular weight excluding hydrogens is 436 g/mol. The Bertz CT molecular complexity index is 1370. The van der Waals surface area contributed by atoms with E-state index in [9.17, 15) is 4.79 Å². The quantitative estimate of drug-likeness (QED) is 0.468. The van der Waals surface area contributed by atoms with Gasteiger partial charge in [-0.05, 0) is 55.3 Å². The fraction of sp³-hybridized carbons (Fsp3) is 0.333. The maximum Gasteiger partial charge on any atom is 0.255 e. The van der Waals surface area contributed by atoms with E-state index in [4.69, 9.17) is 9.40 Å². The fourth-order valence-corrected chi connectivity index (χ4v) is 5.21. The van der Waals surface area contributed by atoms with Crippen LogP contribution in [0.4, 0.5) is 0 Å². The Hall–Kier alpha value is -3.17. The summed E-state index contributed by atoms with van der Waals surface area (Å²) in [5.41, 5.74) is 4.50. The van der Waals surface area contributed by atoms with Crippen molar-refractivity contribution in [1.29, 1.82) is 0 Å². The minimum absolute atomic E-state index is 0.0476. The number of benzene rings is 1. The molecule has 0 radical (unpaired) electrons. The number of H-pyrrole nitrogens is 2. The summed E-state index contributed by atoms with van der Waals surface area (Å²) >= 11 is 1.47. The molecule has 8 nitrogen and oxygen atoms in total. The lowest BCUT2D eigenvalue weighted by Gasteiger charge is -2.27. The number of hydrogen-bond acceptors (Lipinski definition) is 7. The van der Waals surface area contributed by atoms with Gasteiger partial charge in [0.1, 0.15) is 5.76 Å². The van der Waals surface area contributed by atoms with Crippen LogP contribution in [0.15, 0.2) is 60.9 Å². The second-order valence-corrected chi connectivity index (χ2v) is 9.46. The average Bonchev–Trinajstić information content (AvgIpc) is 3.46. The maximum absolute atomic E-state index is 12.8. The van der Waals surface area contributed by atoms with E-state index in [0.29, 0.717) is 18.9 Å². The van der Waals surface area contributed by atoms with Gasteiger partial charge in [0.2, 0.25) is 0 Å². The van der Waals surface area contributed by atoms with Crippen molar-refractivity contribution in [2.45, 2.75) is 49.0 Å². The third-order valence-corrected chi connectivity index (χ3v) is 6.93. The van der Waals surface area contributed by atoms with Crippen molar-refractivity contribution in [2.75, 3.05) is 13.1 Å². The van der Waals surface area contributed by atoms with E-state index < -0.39 is 0 Å². The van der Waals surface area contributed by atoms with E-state index >= 15 is 0 Å². The van der Waals surface area contributed by atoms with Gasteiger partial charge in [0.05, 0.1) is 34.5 Å². The van der Waals surface area contributed by atoms with Crippen molar-refractivity contribution in [3.8, 4) is 0 Å². The first-order chi connectivity index (χ1) is 16.2. The lowest BCUT2D eigenvalue weighted by atomic mass is 10.1. The zero-order chi connectivity index (χ0) is 22.2. The molecule has 9 heteroatoms. The molecule has 2 aliphatic rings. The third kappa shape index (κ3) is 4.26. The van der Waals surface area contributed by atoms with Crippen molar-refractivity contribution in [3.05, 3.63) is 69.6 Å². The van der Waals surface area contributed by atoms with Crippen LogP contribution >= 0.6 is 11.8 Å². The van der Waals surface area contributed by atoms with Gasteiger partial charge in [0, 0.05) is 26.1 Å². The van der Waals surface area contributed by atoms with Crippen molar-refractivity contribution in [2.24, 2.45) is 4.99 Å². The van der Waals surface area contributed by atoms with E-state index in [0.717, 1.165) is 82.8 Å². The minimum atomic E-state index is -0.0476. The standard InChI is InChI=1S/C24H24N6O2S/c31-23-16-14-30(12-10-17(16)26-22(29-23)20-7-3-4-11-25-20)13-15-8-9-21(32-15)33-24-27-18-5-1-2-6-19(18)28-24/h1-2,5-6,8-9H,3-4,7,10-14H2,(H,27,28)(H,26,29,31). The summed E-state index contributed by atoms with van der Waals surface area (Å²) in [6.07, 6.45) is 3.85. The lowest BCUT2D eigenvalue weighted by Crippen LogP contribution is -2.36. The minimum Gasteiger partial charge on any atom is -0.453 e. The molecule has 0 amide bonds. The molecule has 3 aromatic heterocycles. The number of rotatable bonds is 5. The Labute approximate surface area is 194 Å². The monoisotopic (exact) mass is 460 g/mol. The summed E-state index contributed by atoms with van der Waals surface area (Å²) in [4.78, 5) is 35.2. The smallest absolute Gasteiger partial charge is 0.255 e. The van der Waals surface area contributed by atoms with Crippen molar-refractivity contribution >= 4 is 28.5 Å². The number of fused-ring (bicyclic) bond motifs is 2. The molecular formula is C24H24N6O2S. The van der Waals surface area contributed by atoms with Crippen LogP contribution in [0.25, 0.3) is 11.0 Å². The van der Waals surface area contributed by atoms with Crippen molar-refractivity contribution in [3.63, 3.8) is 0 Å². The number of para-hydroxylation sites is 2. The van der Waals surface area contributed by atoms with Gasteiger partial charge in [-0.15, -0.1) is 0 Å². The van der Waals surface area contributed by atoms with Gasteiger partial charge in [0.15, 0.2) is 16.1 Å². The zero-order valence-electron chi connectivity index (χ0n) is 18.1. The molecule has 0 aliphatic carbocycles. The van der Waals surface area contributed by atoms with Gasteiger partial charge in [-0.3, -0.25) is 14.7 Å². The van der Waals surface area contributed by atoms with Crippen LogP contribution in [0.3, 0.4) is 0 Å². The lowest BCUT2D eigenvalue weighted by molar-refractivity contribution is 0.217. The van der Waals surface area contributed by atoms with E-state index in [2.05, 4.69) is 24.8 Å². The molecule has 168 valence electrons. The number of aromatic amines is 2. The van der Waals surface area contributed by atoms with Crippen molar-refractivity contribution < 1.29 is 4.42 Å². The average molecular weight is 461 g/mol. The topological polar surface area (TPSA) is 103 Å². The second kappa shape index (κ2) is 8.64. The second-order valence-electron chi connectivity index (χ2n) is 8.47. The maximum atomic E-state index is 12.8. The molecule has 0 spiro atoms. The van der Waals surface area contributed by atoms with E-state index in [1.807, 2.05) is 36.4 Å². The van der Waals surface area contributed by atoms with Crippen LogP contribution in [0.5, 0.6) is 0 Å². The molecule has 0 atom stereocenters. The predicted octanol–water partition coefficient (Wildman–Crippen LogP) is 3.92. The number of aliphatic imine (C=N–C) groups is 1. The SMILES string of the molecule is O=c1[nH]c(C2=NCCCC2)nc2c1CN(Cc1ccc(Sc3nc4ccccc4[nH]3)o1)CC2. The van der Waals surface area contributed by atoms with E-state index in [1.165, 1.54) is 11.8 Å². The molecule has 0 unspecified atom stereocenters. The van der Waals surface area contributed by atoms with Crippen molar-refractivity contribution in [1.82, 2.24) is 24.8 Å². The van der Waals surface area contributed by atoms with E-state index in [1.54, 1.807) is 0 Å². The first kappa shape index (κ1) is 20.4. The van der Waals surface area contributed by atoms with Crippen LogP contribution in [0.2, 0.25) is 0 Å². The molecule has 0 bridgehead atoms. The third-order valence-electron chi connectivity index (χ3n) is 6.13. The Morgan fingerprint density at radius 1 is 1.06 bits per heavy atom. The highest BCUT2D eigenvalue weighted by Crippen LogP contribution is 2.29. The van der Waals surface area contributed by atoms with E-state index in [-0.39, 0.29) is 5.56 Å². The summed E-state index contributed by atoms with van der Waals surface area (Å²) in [7, 11) is 0. The number of nitrogens with one attached hydrogen (secondary N) is 2. The van der Waals surface area contributed by atoms with Crippen LogP contribution in [0.1, 0.15) is 42.1 Å². The zero-order valence-corrected chi connectivity index (χ0v) is 19.0. The molecule has 0 saturated carbocycles. The number of imidazole rings is 1. The highest BCUT2D eigenvalue weighted by Gasteiger charge is 2.23. The number of nitrogens with zero attached hydrogens (tertiary/aromatic N) is 4. The largest absolute Gasteiger partial charge is 0.453 e.